The number of fused-ring (bicyclic) bond motifs is 1. The number of nitrogens with zero attached hydrogens (tertiary/aromatic N) is 1. The molecule has 0 amide bonds. The quantitative estimate of drug-likeness (QED) is 0.866. The van der Waals surface area contributed by atoms with Gasteiger partial charge in [0.2, 0.25) is 0 Å². The maximum Gasteiger partial charge on any atom is 0.307 e. The van der Waals surface area contributed by atoms with Crippen LogP contribution in [-0.2, 0) is 4.79 Å². The van der Waals surface area contributed by atoms with Crippen molar-refractivity contribution in [2.75, 3.05) is 0 Å². The van der Waals surface area contributed by atoms with Crippen molar-refractivity contribution in [2.45, 2.75) is 13.8 Å². The zero-order valence-electron chi connectivity index (χ0n) is 12.6. The minimum atomic E-state index is -0.790. The molecule has 0 aliphatic heterocycles. The zero-order chi connectivity index (χ0) is 15.9. The standard InChI is InChI=1S/C19H17NO2/c1-19(2)16(17(19)18(21)22)10-15(11-20)14-8-7-12-5-3-4-6-13(12)9-14/h3-10,16-17H,1-2H3,(H,21,22)/t16-,17+/m0/s1. The molecule has 3 nitrogen and oxygen atoms in total. The van der Waals surface area contributed by atoms with Gasteiger partial charge in [-0.2, -0.15) is 5.26 Å². The van der Waals surface area contributed by atoms with E-state index in [9.17, 15) is 15.2 Å². The summed E-state index contributed by atoms with van der Waals surface area (Å²) < 4.78 is 0. The summed E-state index contributed by atoms with van der Waals surface area (Å²) in [4.78, 5) is 11.3. The summed E-state index contributed by atoms with van der Waals surface area (Å²) in [6.07, 6.45) is 1.82. The lowest BCUT2D eigenvalue weighted by atomic mass is 9.99. The number of rotatable bonds is 3. The molecule has 0 heterocycles. The highest BCUT2D eigenvalue weighted by Gasteiger charge is 2.61. The van der Waals surface area contributed by atoms with Crippen molar-refractivity contribution in [2.24, 2.45) is 17.3 Å². The van der Waals surface area contributed by atoms with Gasteiger partial charge >= 0.3 is 5.97 Å². The molecule has 1 aliphatic rings. The Morgan fingerprint density at radius 1 is 1.23 bits per heavy atom. The average molecular weight is 291 g/mol. The molecule has 110 valence electrons. The van der Waals surface area contributed by atoms with Crippen LogP contribution in [0.25, 0.3) is 16.3 Å². The predicted molar refractivity (Wildman–Crippen MR) is 85.9 cm³/mol. The molecule has 1 aliphatic carbocycles. The second kappa shape index (κ2) is 4.99. The highest BCUT2D eigenvalue weighted by atomic mass is 16.4. The molecule has 1 N–H and O–H groups in total. The Hall–Kier alpha value is -2.60. The summed E-state index contributed by atoms with van der Waals surface area (Å²) in [7, 11) is 0. The van der Waals surface area contributed by atoms with Crippen molar-refractivity contribution >= 4 is 22.3 Å². The second-order valence-corrected chi connectivity index (χ2v) is 6.42. The number of carboxylic acids is 1. The van der Waals surface area contributed by atoms with Crippen LogP contribution in [0.1, 0.15) is 19.4 Å². The Bertz CT molecular complexity index is 827. The van der Waals surface area contributed by atoms with Gasteiger partial charge in [-0.15, -0.1) is 0 Å². The van der Waals surface area contributed by atoms with Crippen molar-refractivity contribution in [3.63, 3.8) is 0 Å². The van der Waals surface area contributed by atoms with E-state index in [2.05, 4.69) is 6.07 Å². The van der Waals surface area contributed by atoms with Gasteiger partial charge < -0.3 is 5.11 Å². The maximum absolute atomic E-state index is 11.3. The van der Waals surface area contributed by atoms with E-state index in [4.69, 9.17) is 0 Å². The number of allylic oxidation sites excluding steroid dienone is 2. The van der Waals surface area contributed by atoms with E-state index in [0.29, 0.717) is 5.57 Å². The second-order valence-electron chi connectivity index (χ2n) is 6.42. The van der Waals surface area contributed by atoms with E-state index in [1.807, 2.05) is 62.4 Å². The number of benzene rings is 2. The molecule has 0 bridgehead atoms. The summed E-state index contributed by atoms with van der Waals surface area (Å²) in [5, 5.41) is 20.9. The highest BCUT2D eigenvalue weighted by Crippen LogP contribution is 2.59. The van der Waals surface area contributed by atoms with Crippen molar-refractivity contribution in [1.82, 2.24) is 0 Å². The molecule has 2 aromatic carbocycles. The monoisotopic (exact) mass is 291 g/mol. The van der Waals surface area contributed by atoms with Gasteiger partial charge in [-0.3, -0.25) is 4.79 Å². The largest absolute Gasteiger partial charge is 0.481 e. The molecule has 0 unspecified atom stereocenters. The number of carboxylic acid groups (broad SMARTS) is 1. The van der Waals surface area contributed by atoms with Gasteiger partial charge in [0.15, 0.2) is 0 Å². The van der Waals surface area contributed by atoms with Crippen LogP contribution in [-0.4, -0.2) is 11.1 Å². The summed E-state index contributed by atoms with van der Waals surface area (Å²) in [6, 6.07) is 16.1. The molecule has 3 heteroatoms. The van der Waals surface area contributed by atoms with Crippen LogP contribution in [0.15, 0.2) is 48.5 Å². The molecule has 22 heavy (non-hydrogen) atoms. The van der Waals surface area contributed by atoms with E-state index in [1.165, 1.54) is 0 Å². The highest BCUT2D eigenvalue weighted by molar-refractivity contribution is 5.89. The van der Waals surface area contributed by atoms with Gasteiger partial charge in [0.25, 0.3) is 0 Å². The number of aliphatic carboxylic acids is 1. The lowest BCUT2D eigenvalue weighted by Gasteiger charge is -2.03. The predicted octanol–water partition coefficient (Wildman–Crippen LogP) is 4.10. The van der Waals surface area contributed by atoms with E-state index in [-0.39, 0.29) is 11.3 Å². The molecular weight excluding hydrogens is 274 g/mol. The molecular formula is C19H17NO2. The normalized spacial score (nSPS) is 23.0. The van der Waals surface area contributed by atoms with Crippen LogP contribution in [0.4, 0.5) is 0 Å². The van der Waals surface area contributed by atoms with Crippen LogP contribution in [0.3, 0.4) is 0 Å². The molecule has 2 aromatic rings. The third-order valence-corrected chi connectivity index (χ3v) is 4.70. The first-order chi connectivity index (χ1) is 10.4. The van der Waals surface area contributed by atoms with E-state index < -0.39 is 11.9 Å². The van der Waals surface area contributed by atoms with E-state index in [1.54, 1.807) is 0 Å². The summed E-state index contributed by atoms with van der Waals surface area (Å²) in [5.74, 6) is -1.29. The van der Waals surface area contributed by atoms with Crippen LogP contribution < -0.4 is 0 Å². The molecule has 2 atom stereocenters. The minimum Gasteiger partial charge on any atom is -0.481 e. The third-order valence-electron chi connectivity index (χ3n) is 4.70. The Balaban J connectivity index is 1.99. The van der Waals surface area contributed by atoms with Gasteiger partial charge in [-0.25, -0.2) is 0 Å². The fourth-order valence-corrected chi connectivity index (χ4v) is 3.19. The fraction of sp³-hybridized carbons (Fsp3) is 0.263. The maximum atomic E-state index is 11.3. The van der Waals surface area contributed by atoms with Crippen molar-refractivity contribution in [1.29, 1.82) is 5.26 Å². The Labute approximate surface area is 129 Å². The van der Waals surface area contributed by atoms with Crippen molar-refractivity contribution in [3.8, 4) is 6.07 Å². The SMILES string of the molecule is CC1(C)[C@@H](C=C(C#N)c2ccc3ccccc3c2)[C@@H]1C(=O)O. The Morgan fingerprint density at radius 2 is 1.91 bits per heavy atom. The van der Waals surface area contributed by atoms with Crippen LogP contribution in [0.2, 0.25) is 0 Å². The lowest BCUT2D eigenvalue weighted by Crippen LogP contribution is -2.03. The van der Waals surface area contributed by atoms with Crippen molar-refractivity contribution in [3.05, 3.63) is 54.1 Å². The van der Waals surface area contributed by atoms with Gasteiger partial charge in [0.1, 0.15) is 0 Å². The van der Waals surface area contributed by atoms with Gasteiger partial charge in [0.05, 0.1) is 17.6 Å². The molecule has 1 fully saturated rings. The zero-order valence-corrected chi connectivity index (χ0v) is 12.6. The molecule has 3 rings (SSSR count). The molecule has 0 spiro atoms. The number of carbonyl (C=O) groups is 1. The average Bonchev–Trinajstić information content (AvgIpc) is 3.05. The Morgan fingerprint density at radius 3 is 2.50 bits per heavy atom. The molecule has 0 saturated heterocycles. The number of nitriles is 1. The van der Waals surface area contributed by atoms with Crippen LogP contribution in [0.5, 0.6) is 0 Å². The van der Waals surface area contributed by atoms with Gasteiger partial charge in [-0.1, -0.05) is 56.3 Å². The van der Waals surface area contributed by atoms with Gasteiger partial charge in [-0.05, 0) is 33.7 Å². The van der Waals surface area contributed by atoms with Crippen LogP contribution >= 0.6 is 0 Å². The van der Waals surface area contributed by atoms with Gasteiger partial charge in [0, 0.05) is 0 Å². The van der Waals surface area contributed by atoms with E-state index >= 15 is 0 Å². The summed E-state index contributed by atoms with van der Waals surface area (Å²) >= 11 is 0. The molecule has 1 saturated carbocycles. The first kappa shape index (κ1) is 14.3. The molecule has 0 radical (unpaired) electrons. The molecule has 0 aromatic heterocycles. The topological polar surface area (TPSA) is 61.1 Å². The smallest absolute Gasteiger partial charge is 0.307 e. The van der Waals surface area contributed by atoms with E-state index in [0.717, 1.165) is 16.3 Å². The van der Waals surface area contributed by atoms with Crippen molar-refractivity contribution < 1.29 is 9.90 Å². The number of hydrogen-bond donors (Lipinski definition) is 1. The summed E-state index contributed by atoms with van der Waals surface area (Å²) in [6.45, 7) is 3.87. The first-order valence-electron chi connectivity index (χ1n) is 7.29. The first-order valence-corrected chi connectivity index (χ1v) is 7.29. The lowest BCUT2D eigenvalue weighted by molar-refractivity contribution is -0.139. The number of hydrogen-bond acceptors (Lipinski definition) is 2. The Kier molecular flexibility index (Phi) is 3.26. The summed E-state index contributed by atoms with van der Waals surface area (Å²) in [5.41, 5.74) is 1.10. The van der Waals surface area contributed by atoms with Crippen LogP contribution in [0, 0.1) is 28.6 Å². The fourth-order valence-electron chi connectivity index (χ4n) is 3.19. The third kappa shape index (κ3) is 2.27. The minimum absolute atomic E-state index is 0.0916.